The first kappa shape index (κ1) is 11.3. The number of carbonyl (C=O) groups is 2. The normalized spacial score (nSPS) is 20.8. The van der Waals surface area contributed by atoms with Crippen molar-refractivity contribution < 1.29 is 19.1 Å². The molecule has 0 amide bonds. The van der Waals surface area contributed by atoms with Crippen molar-refractivity contribution in [3.05, 3.63) is 0 Å². The van der Waals surface area contributed by atoms with E-state index in [0.717, 1.165) is 0 Å². The van der Waals surface area contributed by atoms with E-state index in [2.05, 4.69) is 10.6 Å². The molecule has 90 valence electrons. The summed E-state index contributed by atoms with van der Waals surface area (Å²) < 4.78 is 10.1. The Bertz CT molecular complexity index is 246. The van der Waals surface area contributed by atoms with E-state index >= 15 is 0 Å². The highest BCUT2D eigenvalue weighted by molar-refractivity contribution is 5.77. The van der Waals surface area contributed by atoms with Crippen molar-refractivity contribution in [2.45, 2.75) is 25.0 Å². The molecule has 0 radical (unpaired) electrons. The Kier molecular flexibility index (Phi) is 3.74. The summed E-state index contributed by atoms with van der Waals surface area (Å²) in [6.07, 6.45) is 0.184. The minimum Gasteiger partial charge on any atom is -0.460 e. The van der Waals surface area contributed by atoms with Gasteiger partial charge in [-0.05, 0) is 0 Å². The van der Waals surface area contributed by atoms with Crippen LogP contribution in [0.4, 0.5) is 0 Å². The average molecular weight is 228 g/mol. The van der Waals surface area contributed by atoms with E-state index in [0.29, 0.717) is 26.2 Å². The van der Waals surface area contributed by atoms with Gasteiger partial charge in [-0.2, -0.15) is 0 Å². The maximum Gasteiger partial charge on any atom is 0.306 e. The number of carbonyl (C=O) groups excluding carboxylic acids is 2. The Morgan fingerprint density at radius 3 is 1.50 bits per heavy atom. The molecule has 0 spiro atoms. The Balaban J connectivity index is 1.54. The number of rotatable bonds is 5. The molecule has 0 aliphatic carbocycles. The first-order valence-electron chi connectivity index (χ1n) is 5.54. The van der Waals surface area contributed by atoms with Crippen LogP contribution < -0.4 is 10.6 Å². The van der Waals surface area contributed by atoms with E-state index in [1.807, 2.05) is 0 Å². The molecule has 0 aromatic carbocycles. The standard InChI is InChI=1S/C10H16N2O4/c13-9(15-7-3-11-4-7)1-2-10(14)16-8-5-12-6-8/h7-8,11-12H,1-6H2. The lowest BCUT2D eigenvalue weighted by atomic mass is 10.2. The minimum atomic E-state index is -0.324. The van der Waals surface area contributed by atoms with E-state index in [1.54, 1.807) is 0 Å². The van der Waals surface area contributed by atoms with Gasteiger partial charge in [0, 0.05) is 26.2 Å². The van der Waals surface area contributed by atoms with Crippen molar-refractivity contribution >= 4 is 11.9 Å². The van der Waals surface area contributed by atoms with Crippen LogP contribution >= 0.6 is 0 Å². The molecule has 16 heavy (non-hydrogen) atoms. The second kappa shape index (κ2) is 5.27. The van der Waals surface area contributed by atoms with Crippen molar-refractivity contribution in [1.29, 1.82) is 0 Å². The van der Waals surface area contributed by atoms with E-state index in [1.165, 1.54) is 0 Å². The van der Waals surface area contributed by atoms with Crippen LogP contribution in [0.15, 0.2) is 0 Å². The zero-order chi connectivity index (χ0) is 11.4. The second-order valence-corrected chi connectivity index (χ2v) is 4.04. The monoisotopic (exact) mass is 228 g/mol. The zero-order valence-corrected chi connectivity index (χ0v) is 9.03. The van der Waals surface area contributed by atoms with Crippen LogP contribution in [0.5, 0.6) is 0 Å². The SMILES string of the molecule is O=C(CCC(=O)OC1CNC1)OC1CNC1. The van der Waals surface area contributed by atoms with Crippen LogP contribution in [0.25, 0.3) is 0 Å². The number of hydrogen-bond acceptors (Lipinski definition) is 6. The first-order chi connectivity index (χ1) is 7.74. The van der Waals surface area contributed by atoms with E-state index in [4.69, 9.17) is 9.47 Å². The van der Waals surface area contributed by atoms with Gasteiger partial charge in [-0.15, -0.1) is 0 Å². The van der Waals surface area contributed by atoms with Gasteiger partial charge in [0.05, 0.1) is 12.8 Å². The summed E-state index contributed by atoms with van der Waals surface area (Å²) in [5.74, 6) is -0.648. The molecule has 6 heteroatoms. The fourth-order valence-electron chi connectivity index (χ4n) is 1.38. The third-order valence-corrected chi connectivity index (χ3v) is 2.62. The van der Waals surface area contributed by atoms with Crippen molar-refractivity contribution in [2.24, 2.45) is 0 Å². The van der Waals surface area contributed by atoms with Gasteiger partial charge >= 0.3 is 11.9 Å². The molecule has 0 saturated carbocycles. The summed E-state index contributed by atoms with van der Waals surface area (Å²) in [6, 6.07) is 0. The van der Waals surface area contributed by atoms with E-state index in [9.17, 15) is 9.59 Å². The largest absolute Gasteiger partial charge is 0.460 e. The lowest BCUT2D eigenvalue weighted by Crippen LogP contribution is -2.49. The molecule has 2 aliphatic rings. The molecule has 6 nitrogen and oxygen atoms in total. The van der Waals surface area contributed by atoms with Crippen LogP contribution in [0.2, 0.25) is 0 Å². The van der Waals surface area contributed by atoms with Gasteiger partial charge in [-0.3, -0.25) is 9.59 Å². The van der Waals surface area contributed by atoms with Gasteiger partial charge < -0.3 is 20.1 Å². The molecule has 2 rings (SSSR count). The number of esters is 2. The lowest BCUT2D eigenvalue weighted by Gasteiger charge is -2.27. The van der Waals surface area contributed by atoms with Crippen LogP contribution in [0.1, 0.15) is 12.8 Å². The molecule has 0 atom stereocenters. The Morgan fingerprint density at radius 1 is 0.875 bits per heavy atom. The molecule has 0 unspecified atom stereocenters. The van der Waals surface area contributed by atoms with Gasteiger partial charge in [0.1, 0.15) is 12.2 Å². The van der Waals surface area contributed by atoms with Crippen LogP contribution in [-0.2, 0) is 19.1 Å². The Hall–Kier alpha value is -1.14. The van der Waals surface area contributed by atoms with Gasteiger partial charge in [-0.25, -0.2) is 0 Å². The maximum absolute atomic E-state index is 11.2. The maximum atomic E-state index is 11.2. The molecule has 2 saturated heterocycles. The molecule has 2 fully saturated rings. The predicted octanol–water partition coefficient (Wildman–Crippen LogP) is -1.20. The summed E-state index contributed by atoms with van der Waals surface area (Å²) >= 11 is 0. The van der Waals surface area contributed by atoms with Crippen molar-refractivity contribution in [3.63, 3.8) is 0 Å². The Morgan fingerprint density at radius 2 is 1.25 bits per heavy atom. The molecule has 2 heterocycles. The van der Waals surface area contributed by atoms with Gasteiger partial charge in [0.2, 0.25) is 0 Å². The van der Waals surface area contributed by atoms with E-state index in [-0.39, 0.29) is 37.0 Å². The summed E-state index contributed by atoms with van der Waals surface area (Å²) in [6.45, 7) is 2.85. The highest BCUT2D eigenvalue weighted by Crippen LogP contribution is 2.05. The summed E-state index contributed by atoms with van der Waals surface area (Å²) in [5.41, 5.74) is 0. The third kappa shape index (κ3) is 3.18. The number of ether oxygens (including phenoxy) is 2. The number of hydrogen-bond donors (Lipinski definition) is 2. The zero-order valence-electron chi connectivity index (χ0n) is 9.03. The fraction of sp³-hybridized carbons (Fsp3) is 0.800. The highest BCUT2D eigenvalue weighted by atomic mass is 16.6. The quantitative estimate of drug-likeness (QED) is 0.575. The molecule has 0 bridgehead atoms. The minimum absolute atomic E-state index is 0.0145. The highest BCUT2D eigenvalue weighted by Gasteiger charge is 2.23. The second-order valence-electron chi connectivity index (χ2n) is 4.04. The van der Waals surface area contributed by atoms with Crippen LogP contribution in [0, 0.1) is 0 Å². The van der Waals surface area contributed by atoms with Crippen molar-refractivity contribution in [2.75, 3.05) is 26.2 Å². The van der Waals surface area contributed by atoms with Gasteiger partial charge in [-0.1, -0.05) is 0 Å². The lowest BCUT2D eigenvalue weighted by molar-refractivity contribution is -0.158. The molecule has 0 aromatic heterocycles. The topological polar surface area (TPSA) is 76.7 Å². The molecule has 2 N–H and O–H groups in total. The van der Waals surface area contributed by atoms with Crippen LogP contribution in [0.3, 0.4) is 0 Å². The van der Waals surface area contributed by atoms with Crippen molar-refractivity contribution in [1.82, 2.24) is 10.6 Å². The molecule has 2 aliphatic heterocycles. The fourth-order valence-corrected chi connectivity index (χ4v) is 1.38. The van der Waals surface area contributed by atoms with Crippen molar-refractivity contribution in [3.8, 4) is 0 Å². The third-order valence-electron chi connectivity index (χ3n) is 2.62. The molecular formula is C10H16N2O4. The first-order valence-corrected chi connectivity index (χ1v) is 5.54. The van der Waals surface area contributed by atoms with Gasteiger partial charge in [0.25, 0.3) is 0 Å². The van der Waals surface area contributed by atoms with E-state index < -0.39 is 0 Å². The smallest absolute Gasteiger partial charge is 0.306 e. The predicted molar refractivity (Wildman–Crippen MR) is 54.7 cm³/mol. The van der Waals surface area contributed by atoms with Gasteiger partial charge in [0.15, 0.2) is 0 Å². The summed E-state index contributed by atoms with van der Waals surface area (Å²) in [7, 11) is 0. The summed E-state index contributed by atoms with van der Waals surface area (Å²) in [4.78, 5) is 22.5. The van der Waals surface area contributed by atoms with Crippen LogP contribution in [-0.4, -0.2) is 50.3 Å². The Labute approximate surface area is 93.7 Å². The molecular weight excluding hydrogens is 212 g/mol. The average Bonchev–Trinajstić information content (AvgIpc) is 2.14. The molecule has 0 aromatic rings. The summed E-state index contributed by atoms with van der Waals surface area (Å²) in [5, 5.41) is 5.99. The number of nitrogens with one attached hydrogen (secondary N) is 2.